The van der Waals surface area contributed by atoms with Crippen molar-refractivity contribution in [3.8, 4) is 0 Å². The number of amides is 2. The second-order valence-electron chi connectivity index (χ2n) is 9.91. The van der Waals surface area contributed by atoms with Gasteiger partial charge in [0.05, 0.1) is 23.7 Å². The molecule has 2 aromatic rings. The van der Waals surface area contributed by atoms with E-state index >= 15 is 0 Å². The number of alkyl halides is 3. The molecule has 3 N–H and O–H groups in total. The van der Waals surface area contributed by atoms with Gasteiger partial charge in [-0.15, -0.1) is 0 Å². The van der Waals surface area contributed by atoms with Gasteiger partial charge in [0, 0.05) is 37.5 Å². The van der Waals surface area contributed by atoms with Crippen molar-refractivity contribution < 1.29 is 22.8 Å². The molecular formula is C25H33F3N6O2. The van der Waals surface area contributed by atoms with Gasteiger partial charge in [-0.05, 0) is 56.2 Å². The number of hydrogen-bond acceptors (Lipinski definition) is 6. The Morgan fingerprint density at radius 3 is 2.47 bits per heavy atom. The van der Waals surface area contributed by atoms with Gasteiger partial charge in [-0.1, -0.05) is 6.92 Å². The van der Waals surface area contributed by atoms with Crippen LogP contribution in [0.25, 0.3) is 10.9 Å². The average Bonchev–Trinajstić information content (AvgIpc) is 2.80. The van der Waals surface area contributed by atoms with Gasteiger partial charge < -0.3 is 16.0 Å². The quantitative estimate of drug-likeness (QED) is 0.570. The first-order valence-corrected chi connectivity index (χ1v) is 12.4. The van der Waals surface area contributed by atoms with Gasteiger partial charge in [0.2, 0.25) is 11.8 Å². The van der Waals surface area contributed by atoms with Crippen molar-refractivity contribution in [2.75, 3.05) is 24.5 Å². The molecule has 0 spiro atoms. The number of nitrogens with two attached hydrogens (primary N) is 1. The van der Waals surface area contributed by atoms with Gasteiger partial charge in [-0.2, -0.15) is 13.2 Å². The summed E-state index contributed by atoms with van der Waals surface area (Å²) in [6.45, 7) is 4.86. The van der Waals surface area contributed by atoms with Crippen LogP contribution in [-0.4, -0.2) is 64.4 Å². The molecule has 2 amide bonds. The fraction of sp³-hybridized carbons (Fsp3) is 0.600. The van der Waals surface area contributed by atoms with Gasteiger partial charge in [0.15, 0.2) is 0 Å². The Hall–Kier alpha value is -2.95. The summed E-state index contributed by atoms with van der Waals surface area (Å²) in [4.78, 5) is 35.9. The first-order chi connectivity index (χ1) is 17.1. The van der Waals surface area contributed by atoms with Crippen LogP contribution in [0.2, 0.25) is 0 Å². The summed E-state index contributed by atoms with van der Waals surface area (Å²) >= 11 is 0. The van der Waals surface area contributed by atoms with E-state index in [1.54, 1.807) is 11.8 Å². The molecule has 0 bridgehead atoms. The second kappa shape index (κ2) is 10.6. The summed E-state index contributed by atoms with van der Waals surface area (Å²) in [5.74, 6) is 0.188. The molecule has 2 fully saturated rings. The largest absolute Gasteiger partial charge is 0.416 e. The van der Waals surface area contributed by atoms with Crippen LogP contribution in [0.5, 0.6) is 0 Å². The highest BCUT2D eigenvalue weighted by atomic mass is 19.4. The topological polar surface area (TPSA) is 104 Å². The number of rotatable bonds is 8. The Bertz CT molecular complexity index is 1100. The van der Waals surface area contributed by atoms with E-state index in [9.17, 15) is 22.8 Å². The fourth-order valence-electron chi connectivity index (χ4n) is 5.66. The number of halogens is 3. The van der Waals surface area contributed by atoms with Crippen LogP contribution >= 0.6 is 0 Å². The van der Waals surface area contributed by atoms with E-state index in [0.717, 1.165) is 44.2 Å². The molecule has 1 aromatic heterocycles. The Kier molecular flexibility index (Phi) is 7.67. The smallest absolute Gasteiger partial charge is 0.368 e. The summed E-state index contributed by atoms with van der Waals surface area (Å²) in [5, 5.41) is 3.32. The molecule has 0 radical (unpaired) electrons. The zero-order chi connectivity index (χ0) is 26.0. The van der Waals surface area contributed by atoms with Gasteiger partial charge in [-0.3, -0.25) is 14.5 Å². The third kappa shape index (κ3) is 5.71. The van der Waals surface area contributed by atoms with E-state index in [-0.39, 0.29) is 29.9 Å². The van der Waals surface area contributed by atoms with E-state index in [1.165, 1.54) is 12.4 Å². The minimum atomic E-state index is -4.50. The second-order valence-corrected chi connectivity index (χ2v) is 9.91. The van der Waals surface area contributed by atoms with Gasteiger partial charge in [0.25, 0.3) is 0 Å². The lowest BCUT2D eigenvalue weighted by molar-refractivity contribution is -0.137. The molecule has 1 aliphatic carbocycles. The molecule has 196 valence electrons. The molecule has 0 unspecified atom stereocenters. The van der Waals surface area contributed by atoms with Crippen LogP contribution in [0.3, 0.4) is 0 Å². The van der Waals surface area contributed by atoms with Crippen molar-refractivity contribution in [1.82, 2.24) is 20.2 Å². The maximum absolute atomic E-state index is 13.4. The number of hydrogen-bond donors (Lipinski definition) is 2. The molecular weight excluding hydrogens is 473 g/mol. The van der Waals surface area contributed by atoms with Gasteiger partial charge in [0.1, 0.15) is 12.1 Å². The summed E-state index contributed by atoms with van der Waals surface area (Å²) in [5.41, 5.74) is 5.10. The molecule has 2 heterocycles. The molecule has 1 aromatic carbocycles. The molecule has 2 aliphatic rings. The molecule has 1 saturated heterocycles. The van der Waals surface area contributed by atoms with Crippen LogP contribution in [0.4, 0.5) is 19.0 Å². The lowest BCUT2D eigenvalue weighted by Gasteiger charge is -2.50. The SMILES string of the molecule is CC[C@H](NC(C)=O)C1CCC(N2CC(N(CC(N)=O)c3ncnc4ccc(C(F)(F)F)cc34)C2)CC1. The number of primary amides is 1. The van der Waals surface area contributed by atoms with E-state index in [1.807, 2.05) is 0 Å². The van der Waals surface area contributed by atoms with E-state index in [4.69, 9.17) is 5.73 Å². The number of aromatic nitrogens is 2. The molecule has 36 heavy (non-hydrogen) atoms. The average molecular weight is 507 g/mol. The van der Waals surface area contributed by atoms with Crippen LogP contribution in [0.15, 0.2) is 24.5 Å². The van der Waals surface area contributed by atoms with Crippen LogP contribution in [0.1, 0.15) is 51.5 Å². The number of fused-ring (bicyclic) bond motifs is 1. The number of anilines is 1. The van der Waals surface area contributed by atoms with Crippen molar-refractivity contribution in [1.29, 1.82) is 0 Å². The summed E-state index contributed by atoms with van der Waals surface area (Å²) in [7, 11) is 0. The van der Waals surface area contributed by atoms with Crippen LogP contribution < -0.4 is 16.0 Å². The highest BCUT2D eigenvalue weighted by molar-refractivity contribution is 5.92. The normalized spacial score (nSPS) is 22.1. The van der Waals surface area contributed by atoms with Gasteiger partial charge in [-0.25, -0.2) is 9.97 Å². The third-order valence-corrected chi connectivity index (χ3v) is 7.53. The Labute approximate surface area is 208 Å². The Morgan fingerprint density at radius 2 is 1.89 bits per heavy atom. The number of nitrogens with zero attached hydrogens (tertiary/aromatic N) is 4. The molecule has 8 nitrogen and oxygen atoms in total. The first kappa shape index (κ1) is 26.1. The molecule has 1 atom stereocenters. The summed E-state index contributed by atoms with van der Waals surface area (Å²) < 4.78 is 40.1. The third-order valence-electron chi connectivity index (χ3n) is 7.53. The van der Waals surface area contributed by atoms with Crippen LogP contribution in [0, 0.1) is 5.92 Å². The number of nitrogens with one attached hydrogen (secondary N) is 1. The minimum absolute atomic E-state index is 0.00343. The monoisotopic (exact) mass is 506 g/mol. The summed E-state index contributed by atoms with van der Waals surface area (Å²) in [6.07, 6.45) is 1.82. The van der Waals surface area contributed by atoms with Crippen LogP contribution in [-0.2, 0) is 15.8 Å². The van der Waals surface area contributed by atoms with Crippen molar-refractivity contribution >= 4 is 28.5 Å². The molecule has 11 heteroatoms. The Balaban J connectivity index is 1.46. The maximum Gasteiger partial charge on any atom is 0.416 e. The highest BCUT2D eigenvalue weighted by Crippen LogP contribution is 2.36. The predicted octanol–water partition coefficient (Wildman–Crippen LogP) is 3.10. The first-order valence-electron chi connectivity index (χ1n) is 12.4. The zero-order valence-corrected chi connectivity index (χ0v) is 20.6. The van der Waals surface area contributed by atoms with Crippen molar-refractivity contribution in [2.24, 2.45) is 11.7 Å². The standard InChI is InChI=1S/C25H33F3N6O2/c1-3-21(32-15(2)35)16-4-7-18(8-5-16)33-11-19(12-33)34(13-23(29)36)24-20-10-17(25(26,27)28)6-9-22(20)30-14-31-24/h6,9-10,14,16,18-19,21H,3-5,7-8,11-13H2,1-2H3,(H2,29,36)(H,32,35)/t16?,18?,21-/m0/s1. The lowest BCUT2D eigenvalue weighted by Crippen LogP contribution is -2.64. The summed E-state index contributed by atoms with van der Waals surface area (Å²) in [6, 6.07) is 3.87. The van der Waals surface area contributed by atoms with Crippen molar-refractivity contribution in [3.63, 3.8) is 0 Å². The maximum atomic E-state index is 13.4. The predicted molar refractivity (Wildman–Crippen MR) is 130 cm³/mol. The van der Waals surface area contributed by atoms with E-state index in [0.29, 0.717) is 36.4 Å². The van der Waals surface area contributed by atoms with Gasteiger partial charge >= 0.3 is 6.18 Å². The Morgan fingerprint density at radius 1 is 1.19 bits per heavy atom. The van der Waals surface area contributed by atoms with Crippen molar-refractivity contribution in [2.45, 2.75) is 70.3 Å². The zero-order valence-electron chi connectivity index (χ0n) is 20.6. The van der Waals surface area contributed by atoms with Crippen molar-refractivity contribution in [3.05, 3.63) is 30.1 Å². The molecule has 4 rings (SSSR count). The van der Waals surface area contributed by atoms with E-state index < -0.39 is 17.6 Å². The highest BCUT2D eigenvalue weighted by Gasteiger charge is 2.40. The number of carbonyl (C=O) groups excluding carboxylic acids is 2. The van der Waals surface area contributed by atoms with E-state index in [2.05, 4.69) is 27.1 Å². The fourth-order valence-corrected chi connectivity index (χ4v) is 5.66. The number of benzene rings is 1. The lowest BCUT2D eigenvalue weighted by atomic mass is 9.79. The molecule has 1 aliphatic heterocycles. The number of likely N-dealkylation sites (tertiary alicyclic amines) is 1. The molecule has 1 saturated carbocycles. The minimum Gasteiger partial charge on any atom is -0.368 e. The number of carbonyl (C=O) groups is 2.